The lowest BCUT2D eigenvalue weighted by molar-refractivity contribution is 0.0696. The molecule has 0 aromatic heterocycles. The number of nitrogens with zero attached hydrogens (tertiary/aromatic N) is 2. The molecule has 0 aliphatic carbocycles. The lowest BCUT2D eigenvalue weighted by atomic mass is 10.1. The molecule has 29 heavy (non-hydrogen) atoms. The molecule has 146 valence electrons. The molecule has 0 amide bonds. The quantitative estimate of drug-likeness (QED) is 0.646. The predicted molar refractivity (Wildman–Crippen MR) is 107 cm³/mol. The van der Waals surface area contributed by atoms with Crippen LogP contribution >= 0.6 is 0 Å². The van der Waals surface area contributed by atoms with Gasteiger partial charge in [0, 0.05) is 13.1 Å². The molecule has 3 rings (SSSR count). The number of nitriles is 1. The molecule has 7 heteroatoms. The zero-order valence-corrected chi connectivity index (χ0v) is 16.2. The topological polar surface area (TPSA) is 98.5 Å². The number of rotatable bonds is 7. The van der Waals surface area contributed by atoms with Crippen LogP contribution in [-0.4, -0.2) is 23.8 Å². The van der Waals surface area contributed by atoms with Crippen LogP contribution in [0.5, 0.6) is 0 Å². The highest BCUT2D eigenvalue weighted by Gasteiger charge is 2.25. The van der Waals surface area contributed by atoms with Crippen molar-refractivity contribution in [2.24, 2.45) is 0 Å². The third-order valence-corrected chi connectivity index (χ3v) is 6.19. The largest absolute Gasteiger partial charge is 0.478 e. The van der Waals surface area contributed by atoms with Crippen molar-refractivity contribution in [3.63, 3.8) is 0 Å². The Kier molecular flexibility index (Phi) is 6.07. The average molecular weight is 406 g/mol. The molecule has 0 atom stereocenters. The van der Waals surface area contributed by atoms with Crippen LogP contribution in [-0.2, 0) is 23.1 Å². The van der Waals surface area contributed by atoms with Gasteiger partial charge in [0.1, 0.15) is 0 Å². The summed E-state index contributed by atoms with van der Waals surface area (Å²) in [6.07, 6.45) is 0. The summed E-state index contributed by atoms with van der Waals surface area (Å²) in [6.45, 7) is 0.271. The van der Waals surface area contributed by atoms with Crippen LogP contribution in [0.2, 0.25) is 0 Å². The fourth-order valence-electron chi connectivity index (χ4n) is 2.82. The van der Waals surface area contributed by atoms with Gasteiger partial charge in [0.15, 0.2) is 0 Å². The first-order valence-corrected chi connectivity index (χ1v) is 10.2. The molecule has 0 heterocycles. The van der Waals surface area contributed by atoms with Gasteiger partial charge in [-0.15, -0.1) is 0 Å². The highest BCUT2D eigenvalue weighted by atomic mass is 32.2. The van der Waals surface area contributed by atoms with Crippen LogP contribution in [0, 0.1) is 11.3 Å². The van der Waals surface area contributed by atoms with E-state index in [0.717, 1.165) is 11.1 Å². The van der Waals surface area contributed by atoms with Crippen molar-refractivity contribution in [3.8, 4) is 6.07 Å². The van der Waals surface area contributed by atoms with Gasteiger partial charge in [-0.05, 0) is 47.5 Å². The van der Waals surface area contributed by atoms with Gasteiger partial charge in [0.05, 0.1) is 22.1 Å². The molecule has 0 saturated heterocycles. The number of hydrogen-bond donors (Lipinski definition) is 1. The van der Waals surface area contributed by atoms with E-state index < -0.39 is 16.0 Å². The minimum Gasteiger partial charge on any atom is -0.478 e. The molecule has 0 radical (unpaired) electrons. The SMILES string of the molecule is N#Cc1ccc(CN(Cc2ccccc2)S(=O)(=O)c2ccc(C(=O)O)cc2)cc1. The molecule has 0 saturated carbocycles. The second-order valence-corrected chi connectivity index (χ2v) is 8.33. The molecule has 3 aromatic rings. The minimum atomic E-state index is -3.88. The number of benzene rings is 3. The standard InChI is InChI=1S/C22H18N2O4S/c23-14-17-6-8-19(9-7-17)16-24(15-18-4-2-1-3-5-18)29(27,28)21-12-10-20(11-13-21)22(25)26/h1-13H,15-16H2,(H,25,26). The van der Waals surface area contributed by atoms with Gasteiger partial charge in [0.25, 0.3) is 0 Å². The van der Waals surface area contributed by atoms with Crippen molar-refractivity contribution in [1.82, 2.24) is 4.31 Å². The molecule has 6 nitrogen and oxygen atoms in total. The maximum atomic E-state index is 13.3. The van der Waals surface area contributed by atoms with Crippen molar-refractivity contribution in [2.75, 3.05) is 0 Å². The maximum Gasteiger partial charge on any atom is 0.335 e. The lowest BCUT2D eigenvalue weighted by Gasteiger charge is -2.23. The van der Waals surface area contributed by atoms with Crippen LogP contribution < -0.4 is 0 Å². The maximum absolute atomic E-state index is 13.3. The first-order chi connectivity index (χ1) is 13.9. The number of hydrogen-bond acceptors (Lipinski definition) is 4. The summed E-state index contributed by atoms with van der Waals surface area (Å²) in [5, 5.41) is 18.0. The summed E-state index contributed by atoms with van der Waals surface area (Å²) in [7, 11) is -3.88. The van der Waals surface area contributed by atoms with Crippen molar-refractivity contribution in [1.29, 1.82) is 5.26 Å². The summed E-state index contributed by atoms with van der Waals surface area (Å²) in [4.78, 5) is 11.1. The summed E-state index contributed by atoms with van der Waals surface area (Å²) < 4.78 is 27.9. The Balaban J connectivity index is 1.95. The highest BCUT2D eigenvalue weighted by Crippen LogP contribution is 2.22. The molecule has 0 spiro atoms. The van der Waals surface area contributed by atoms with Crippen LogP contribution in [0.3, 0.4) is 0 Å². The third kappa shape index (κ3) is 4.88. The Morgan fingerprint density at radius 1 is 0.862 bits per heavy atom. The lowest BCUT2D eigenvalue weighted by Crippen LogP contribution is -2.30. The Labute approximate surface area is 169 Å². The first-order valence-electron chi connectivity index (χ1n) is 8.76. The molecule has 0 unspecified atom stereocenters. The highest BCUT2D eigenvalue weighted by molar-refractivity contribution is 7.89. The Hall–Kier alpha value is -3.47. The zero-order valence-electron chi connectivity index (χ0n) is 15.4. The molecule has 0 bridgehead atoms. The van der Waals surface area contributed by atoms with Gasteiger partial charge < -0.3 is 5.11 Å². The van der Waals surface area contributed by atoms with E-state index in [1.807, 2.05) is 36.4 Å². The van der Waals surface area contributed by atoms with E-state index in [4.69, 9.17) is 10.4 Å². The van der Waals surface area contributed by atoms with E-state index in [1.165, 1.54) is 28.6 Å². The van der Waals surface area contributed by atoms with Gasteiger partial charge in [-0.25, -0.2) is 13.2 Å². The second kappa shape index (κ2) is 8.69. The van der Waals surface area contributed by atoms with Crippen LogP contribution in [0.4, 0.5) is 0 Å². The third-order valence-electron chi connectivity index (χ3n) is 4.38. The van der Waals surface area contributed by atoms with Crippen molar-refractivity contribution in [2.45, 2.75) is 18.0 Å². The van der Waals surface area contributed by atoms with Crippen LogP contribution in [0.15, 0.2) is 83.8 Å². The van der Waals surface area contributed by atoms with Gasteiger partial charge in [-0.3, -0.25) is 0 Å². The summed E-state index contributed by atoms with van der Waals surface area (Å²) in [5.74, 6) is -1.12. The second-order valence-electron chi connectivity index (χ2n) is 6.40. The summed E-state index contributed by atoms with van der Waals surface area (Å²) >= 11 is 0. The molecule has 1 N–H and O–H groups in total. The van der Waals surface area contributed by atoms with Crippen LogP contribution in [0.25, 0.3) is 0 Å². The average Bonchev–Trinajstić information content (AvgIpc) is 2.74. The smallest absolute Gasteiger partial charge is 0.335 e. The van der Waals surface area contributed by atoms with Crippen molar-refractivity contribution < 1.29 is 18.3 Å². The molecular formula is C22H18N2O4S. The van der Waals surface area contributed by atoms with Crippen LogP contribution in [0.1, 0.15) is 27.0 Å². The normalized spacial score (nSPS) is 11.2. The zero-order chi connectivity index (χ0) is 20.9. The van der Waals surface area contributed by atoms with Gasteiger partial charge in [-0.2, -0.15) is 9.57 Å². The molecule has 0 aliphatic rings. The van der Waals surface area contributed by atoms with Crippen molar-refractivity contribution in [3.05, 3.63) is 101 Å². The number of carbonyl (C=O) groups is 1. The van der Waals surface area contributed by atoms with Crippen molar-refractivity contribution >= 4 is 16.0 Å². The predicted octanol–water partition coefficient (Wildman–Crippen LogP) is 3.65. The van der Waals surface area contributed by atoms with E-state index in [1.54, 1.807) is 24.3 Å². The molecular weight excluding hydrogens is 388 g/mol. The molecule has 0 fully saturated rings. The summed E-state index contributed by atoms with van der Waals surface area (Å²) in [5.41, 5.74) is 2.08. The minimum absolute atomic E-state index is 0.0191. The molecule has 3 aromatic carbocycles. The Morgan fingerprint density at radius 2 is 1.41 bits per heavy atom. The van der Waals surface area contributed by atoms with Gasteiger partial charge >= 0.3 is 5.97 Å². The number of sulfonamides is 1. The van der Waals surface area contributed by atoms with E-state index in [9.17, 15) is 13.2 Å². The Bertz CT molecular complexity index is 1130. The number of aromatic carboxylic acids is 1. The van der Waals surface area contributed by atoms with E-state index >= 15 is 0 Å². The van der Waals surface area contributed by atoms with Gasteiger partial charge in [0.2, 0.25) is 10.0 Å². The van der Waals surface area contributed by atoms with E-state index in [-0.39, 0.29) is 23.5 Å². The van der Waals surface area contributed by atoms with E-state index in [2.05, 4.69) is 0 Å². The number of carboxylic acids is 1. The monoisotopic (exact) mass is 406 g/mol. The number of carboxylic acid groups (broad SMARTS) is 1. The van der Waals surface area contributed by atoms with E-state index in [0.29, 0.717) is 5.56 Å². The fourth-order valence-corrected chi connectivity index (χ4v) is 4.24. The first kappa shape index (κ1) is 20.3. The fraction of sp³-hybridized carbons (Fsp3) is 0.0909. The summed E-state index contributed by atoms with van der Waals surface area (Å²) in [6, 6.07) is 23.1. The Morgan fingerprint density at radius 3 is 1.93 bits per heavy atom. The molecule has 0 aliphatic heterocycles. The van der Waals surface area contributed by atoms with Gasteiger partial charge in [-0.1, -0.05) is 42.5 Å².